The molecule has 0 radical (unpaired) electrons. The number of carbonyl (C=O) groups is 2. The maximum Gasteiger partial charge on any atom is 0.243 e. The lowest BCUT2D eigenvalue weighted by molar-refractivity contribution is -0.140. The first-order valence-electron chi connectivity index (χ1n) is 12.8. The molecule has 4 aromatic rings. The second-order valence-corrected chi connectivity index (χ2v) is 9.86. The van der Waals surface area contributed by atoms with Crippen LogP contribution in [0.4, 0.5) is 0 Å². The van der Waals surface area contributed by atoms with Gasteiger partial charge < -0.3 is 19.7 Å². The van der Waals surface area contributed by atoms with E-state index in [4.69, 9.17) is 21.1 Å². The molecule has 1 aliphatic rings. The van der Waals surface area contributed by atoms with E-state index in [-0.39, 0.29) is 31.6 Å². The lowest BCUT2D eigenvalue weighted by Crippen LogP contribution is -2.50. The highest BCUT2D eigenvalue weighted by Crippen LogP contribution is 2.32. The predicted molar refractivity (Wildman–Crippen MR) is 150 cm³/mol. The van der Waals surface area contributed by atoms with Crippen LogP contribution in [-0.4, -0.2) is 29.5 Å². The number of fused-ring (bicyclic) bond motifs is 1. The number of carbonyl (C=O) groups excluding carboxylic acids is 2. The van der Waals surface area contributed by atoms with Crippen molar-refractivity contribution in [2.45, 2.75) is 32.0 Å². The highest BCUT2D eigenvalue weighted by Gasteiger charge is 2.30. The molecule has 0 unspecified atom stereocenters. The van der Waals surface area contributed by atoms with E-state index in [1.807, 2.05) is 91.0 Å². The van der Waals surface area contributed by atoms with Crippen LogP contribution in [0.15, 0.2) is 103 Å². The first kappa shape index (κ1) is 26.3. The molecule has 7 heteroatoms. The monoisotopic (exact) mass is 540 g/mol. The van der Waals surface area contributed by atoms with Gasteiger partial charge in [0.25, 0.3) is 0 Å². The molecule has 4 aromatic carbocycles. The minimum Gasteiger partial charge on any atom is -0.454 e. The Labute approximate surface area is 233 Å². The average Bonchev–Trinajstić information content (AvgIpc) is 3.44. The summed E-state index contributed by atoms with van der Waals surface area (Å²) in [5.41, 5.74) is 3.63. The van der Waals surface area contributed by atoms with Gasteiger partial charge in [0.2, 0.25) is 18.6 Å². The van der Waals surface area contributed by atoms with Gasteiger partial charge in [-0.25, -0.2) is 0 Å². The van der Waals surface area contributed by atoms with E-state index in [0.29, 0.717) is 29.5 Å². The number of hydrogen-bond donors (Lipinski definition) is 1. The van der Waals surface area contributed by atoms with E-state index in [1.54, 1.807) is 17.0 Å². The number of benzene rings is 4. The van der Waals surface area contributed by atoms with Crippen LogP contribution >= 0.6 is 11.6 Å². The highest BCUT2D eigenvalue weighted by molar-refractivity contribution is 6.30. The Kier molecular flexibility index (Phi) is 8.44. The number of halogens is 1. The maximum absolute atomic E-state index is 13.8. The zero-order chi connectivity index (χ0) is 27.0. The Balaban J connectivity index is 1.42. The van der Waals surface area contributed by atoms with Crippen molar-refractivity contribution < 1.29 is 19.1 Å². The van der Waals surface area contributed by atoms with Crippen molar-refractivity contribution in [2.24, 2.45) is 0 Å². The molecule has 5 rings (SSSR count). The van der Waals surface area contributed by atoms with Crippen LogP contribution in [0.1, 0.15) is 22.3 Å². The summed E-state index contributed by atoms with van der Waals surface area (Å²) >= 11 is 6.11. The van der Waals surface area contributed by atoms with Gasteiger partial charge in [-0.2, -0.15) is 0 Å². The quantitative estimate of drug-likeness (QED) is 0.286. The molecule has 0 bridgehead atoms. The van der Waals surface area contributed by atoms with Gasteiger partial charge in [0, 0.05) is 24.5 Å². The first-order chi connectivity index (χ1) is 19.0. The van der Waals surface area contributed by atoms with Crippen molar-refractivity contribution in [2.75, 3.05) is 6.79 Å². The molecule has 1 N–H and O–H groups in total. The van der Waals surface area contributed by atoms with Crippen LogP contribution in [0.25, 0.3) is 0 Å². The van der Waals surface area contributed by atoms with E-state index < -0.39 is 6.04 Å². The maximum atomic E-state index is 13.8. The zero-order valence-corrected chi connectivity index (χ0v) is 22.1. The molecular weight excluding hydrogens is 512 g/mol. The Morgan fingerprint density at radius 3 is 2.13 bits per heavy atom. The molecule has 0 aromatic heterocycles. The SMILES string of the molecule is O=C(NCc1ccc2c(c1)OCO2)[C@@H](Cc1ccccc1)N(Cc1ccc(Cl)cc1)C(=O)Cc1ccccc1. The summed E-state index contributed by atoms with van der Waals surface area (Å²) in [4.78, 5) is 29.3. The summed E-state index contributed by atoms with van der Waals surface area (Å²) in [5.74, 6) is 0.986. The molecule has 2 amide bonds. The molecular formula is C32H29ClN2O4. The predicted octanol–water partition coefficient (Wildman–Crippen LogP) is 5.57. The van der Waals surface area contributed by atoms with Gasteiger partial charge in [-0.15, -0.1) is 0 Å². The number of nitrogens with one attached hydrogen (secondary N) is 1. The van der Waals surface area contributed by atoms with Crippen LogP contribution in [0.2, 0.25) is 5.02 Å². The summed E-state index contributed by atoms with van der Waals surface area (Å²) in [6, 6.07) is 31.5. The van der Waals surface area contributed by atoms with Gasteiger partial charge in [-0.1, -0.05) is 90.5 Å². The fourth-order valence-electron chi connectivity index (χ4n) is 4.57. The van der Waals surface area contributed by atoms with Crippen LogP contribution < -0.4 is 14.8 Å². The minimum absolute atomic E-state index is 0.129. The summed E-state index contributed by atoms with van der Waals surface area (Å²) < 4.78 is 10.9. The summed E-state index contributed by atoms with van der Waals surface area (Å²) in [5, 5.41) is 3.67. The lowest BCUT2D eigenvalue weighted by atomic mass is 10.0. The molecule has 0 saturated carbocycles. The zero-order valence-electron chi connectivity index (χ0n) is 21.4. The number of hydrogen-bond acceptors (Lipinski definition) is 4. The number of ether oxygens (including phenoxy) is 2. The van der Waals surface area contributed by atoms with Crippen LogP contribution in [0, 0.1) is 0 Å². The molecule has 1 aliphatic heterocycles. The molecule has 0 fully saturated rings. The van der Waals surface area contributed by atoms with Crippen molar-refractivity contribution in [1.29, 1.82) is 0 Å². The van der Waals surface area contributed by atoms with Gasteiger partial charge in [-0.05, 0) is 46.5 Å². The normalized spacial score (nSPS) is 12.5. The third-order valence-electron chi connectivity index (χ3n) is 6.64. The Hall–Kier alpha value is -4.29. The first-order valence-corrected chi connectivity index (χ1v) is 13.2. The largest absolute Gasteiger partial charge is 0.454 e. The van der Waals surface area contributed by atoms with Gasteiger partial charge >= 0.3 is 0 Å². The van der Waals surface area contributed by atoms with Crippen molar-refractivity contribution in [1.82, 2.24) is 10.2 Å². The van der Waals surface area contributed by atoms with Gasteiger partial charge in [0.15, 0.2) is 11.5 Å². The van der Waals surface area contributed by atoms with Crippen molar-refractivity contribution >= 4 is 23.4 Å². The highest BCUT2D eigenvalue weighted by atomic mass is 35.5. The van der Waals surface area contributed by atoms with Crippen LogP contribution in [0.5, 0.6) is 11.5 Å². The smallest absolute Gasteiger partial charge is 0.243 e. The second-order valence-electron chi connectivity index (χ2n) is 9.42. The van der Waals surface area contributed by atoms with Crippen LogP contribution in [0.3, 0.4) is 0 Å². The van der Waals surface area contributed by atoms with Gasteiger partial charge in [0.05, 0.1) is 6.42 Å². The summed E-state index contributed by atoms with van der Waals surface area (Å²) in [7, 11) is 0. The van der Waals surface area contributed by atoms with Gasteiger partial charge in [0.1, 0.15) is 6.04 Å². The fourth-order valence-corrected chi connectivity index (χ4v) is 4.70. The standard InChI is InChI=1S/C32H29ClN2O4/c33-27-14-11-25(12-15-27)21-35(31(36)19-24-9-5-2-6-10-24)28(17-23-7-3-1-4-8-23)32(37)34-20-26-13-16-29-30(18-26)39-22-38-29/h1-16,18,28H,17,19-22H2,(H,34,37)/t28-/m1/s1. The molecule has 6 nitrogen and oxygen atoms in total. The third kappa shape index (κ3) is 6.98. The number of amides is 2. The number of nitrogens with zero attached hydrogens (tertiary/aromatic N) is 1. The summed E-state index contributed by atoms with van der Waals surface area (Å²) in [6.07, 6.45) is 0.567. The minimum atomic E-state index is -0.728. The summed E-state index contributed by atoms with van der Waals surface area (Å²) in [6.45, 7) is 0.758. The van der Waals surface area contributed by atoms with E-state index in [0.717, 1.165) is 22.3 Å². The Morgan fingerprint density at radius 2 is 1.41 bits per heavy atom. The van der Waals surface area contributed by atoms with Crippen molar-refractivity contribution in [3.63, 3.8) is 0 Å². The molecule has 39 heavy (non-hydrogen) atoms. The van der Waals surface area contributed by atoms with E-state index in [1.165, 1.54) is 0 Å². The van der Waals surface area contributed by atoms with Crippen molar-refractivity contribution in [3.8, 4) is 11.5 Å². The topological polar surface area (TPSA) is 67.9 Å². The van der Waals surface area contributed by atoms with E-state index in [9.17, 15) is 9.59 Å². The molecule has 1 atom stereocenters. The van der Waals surface area contributed by atoms with E-state index in [2.05, 4.69) is 5.32 Å². The number of rotatable bonds is 10. The average molecular weight is 541 g/mol. The Morgan fingerprint density at radius 1 is 0.769 bits per heavy atom. The Bertz CT molecular complexity index is 1410. The van der Waals surface area contributed by atoms with Crippen molar-refractivity contribution in [3.05, 3.63) is 130 Å². The lowest BCUT2D eigenvalue weighted by Gasteiger charge is -2.32. The second kappa shape index (κ2) is 12.5. The molecule has 0 spiro atoms. The molecule has 198 valence electrons. The molecule has 0 aliphatic carbocycles. The molecule has 0 saturated heterocycles. The fraction of sp³-hybridized carbons (Fsp3) is 0.188. The van der Waals surface area contributed by atoms with Gasteiger partial charge in [-0.3, -0.25) is 9.59 Å². The van der Waals surface area contributed by atoms with E-state index >= 15 is 0 Å². The molecule has 1 heterocycles. The third-order valence-corrected chi connectivity index (χ3v) is 6.89. The van der Waals surface area contributed by atoms with Crippen LogP contribution in [-0.2, 0) is 35.5 Å².